The van der Waals surface area contributed by atoms with Crippen LogP contribution in [0.25, 0.3) is 0 Å². The smallest absolute Gasteiger partial charge is 0.339 e. The third-order valence-corrected chi connectivity index (χ3v) is 3.13. The highest BCUT2D eigenvalue weighted by Gasteiger charge is 2.06. The van der Waals surface area contributed by atoms with Gasteiger partial charge in [0.15, 0.2) is 0 Å². The molecule has 5 heteroatoms. The van der Waals surface area contributed by atoms with E-state index in [0.717, 1.165) is 11.4 Å². The van der Waals surface area contributed by atoms with Crippen LogP contribution in [-0.2, 0) is 11.3 Å². The zero-order valence-electron chi connectivity index (χ0n) is 10.4. The van der Waals surface area contributed by atoms with Gasteiger partial charge in [0.05, 0.1) is 18.4 Å². The third-order valence-electron chi connectivity index (χ3n) is 2.29. The van der Waals surface area contributed by atoms with Crippen LogP contribution in [0.15, 0.2) is 18.3 Å². The third kappa shape index (κ3) is 4.75. The molecule has 0 saturated heterocycles. The molecule has 0 aliphatic carbocycles. The van der Waals surface area contributed by atoms with E-state index in [-0.39, 0.29) is 5.97 Å². The van der Waals surface area contributed by atoms with Crippen molar-refractivity contribution in [1.82, 2.24) is 10.3 Å². The molecule has 94 valence electrons. The molecule has 0 radical (unpaired) electrons. The molecule has 1 unspecified atom stereocenters. The van der Waals surface area contributed by atoms with Crippen molar-refractivity contribution < 1.29 is 9.53 Å². The Labute approximate surface area is 106 Å². The molecule has 0 fully saturated rings. The van der Waals surface area contributed by atoms with Crippen LogP contribution >= 0.6 is 11.8 Å². The fourth-order valence-corrected chi connectivity index (χ4v) is 1.97. The SMILES string of the molecule is COC(=O)c1ccc(CNC(C)CSC)nc1. The number of carbonyl (C=O) groups is 1. The number of nitrogens with one attached hydrogen (secondary N) is 1. The number of esters is 1. The first-order valence-corrected chi connectivity index (χ1v) is 6.82. The average molecular weight is 254 g/mol. The number of hydrogen-bond acceptors (Lipinski definition) is 5. The van der Waals surface area contributed by atoms with Crippen LogP contribution in [0.5, 0.6) is 0 Å². The number of rotatable bonds is 6. The maximum atomic E-state index is 11.2. The fourth-order valence-electron chi connectivity index (χ4n) is 1.36. The number of ether oxygens (including phenoxy) is 1. The van der Waals surface area contributed by atoms with Crippen LogP contribution in [0.4, 0.5) is 0 Å². The summed E-state index contributed by atoms with van der Waals surface area (Å²) in [6, 6.07) is 4.02. The van der Waals surface area contributed by atoms with Gasteiger partial charge >= 0.3 is 5.97 Å². The van der Waals surface area contributed by atoms with Gasteiger partial charge in [-0.1, -0.05) is 0 Å². The summed E-state index contributed by atoms with van der Waals surface area (Å²) < 4.78 is 4.61. The zero-order chi connectivity index (χ0) is 12.7. The number of hydrogen-bond donors (Lipinski definition) is 1. The quantitative estimate of drug-likeness (QED) is 0.783. The first kappa shape index (κ1) is 14.0. The van der Waals surface area contributed by atoms with Crippen LogP contribution in [-0.4, -0.2) is 36.1 Å². The summed E-state index contributed by atoms with van der Waals surface area (Å²) in [6.07, 6.45) is 3.63. The lowest BCUT2D eigenvalue weighted by Crippen LogP contribution is -2.27. The molecule has 1 N–H and O–H groups in total. The predicted molar refractivity (Wildman–Crippen MR) is 70.3 cm³/mol. The molecular weight excluding hydrogens is 236 g/mol. The lowest BCUT2D eigenvalue weighted by Gasteiger charge is -2.11. The van der Waals surface area contributed by atoms with Gasteiger partial charge in [-0.3, -0.25) is 4.98 Å². The predicted octanol–water partition coefficient (Wildman–Crippen LogP) is 1.71. The monoisotopic (exact) mass is 254 g/mol. The molecule has 4 nitrogen and oxygen atoms in total. The Morgan fingerprint density at radius 2 is 2.35 bits per heavy atom. The molecular formula is C12H18N2O2S. The Hall–Kier alpha value is -1.07. The van der Waals surface area contributed by atoms with Crippen LogP contribution in [0.3, 0.4) is 0 Å². The van der Waals surface area contributed by atoms with Crippen molar-refractivity contribution in [2.24, 2.45) is 0 Å². The molecule has 0 bridgehead atoms. The number of aromatic nitrogens is 1. The van der Waals surface area contributed by atoms with E-state index < -0.39 is 0 Å². The van der Waals surface area contributed by atoms with Crippen molar-refractivity contribution in [2.45, 2.75) is 19.5 Å². The van der Waals surface area contributed by atoms with Gasteiger partial charge in [0.25, 0.3) is 0 Å². The second kappa shape index (κ2) is 7.29. The summed E-state index contributed by atoms with van der Waals surface area (Å²) in [5.74, 6) is 0.716. The fraction of sp³-hybridized carbons (Fsp3) is 0.500. The molecule has 0 amide bonds. The van der Waals surface area contributed by atoms with Crippen LogP contribution in [0.1, 0.15) is 23.0 Å². The summed E-state index contributed by atoms with van der Waals surface area (Å²) in [4.78, 5) is 15.4. The molecule has 17 heavy (non-hydrogen) atoms. The molecule has 0 aromatic carbocycles. The highest BCUT2D eigenvalue weighted by atomic mass is 32.2. The molecule has 0 aliphatic heterocycles. The summed E-state index contributed by atoms with van der Waals surface area (Å²) in [5.41, 5.74) is 1.40. The number of pyridine rings is 1. The lowest BCUT2D eigenvalue weighted by atomic mass is 10.2. The minimum absolute atomic E-state index is 0.354. The summed E-state index contributed by atoms with van der Waals surface area (Å²) in [6.45, 7) is 2.85. The highest BCUT2D eigenvalue weighted by molar-refractivity contribution is 7.98. The Bertz CT molecular complexity index is 354. The van der Waals surface area contributed by atoms with Gasteiger partial charge in [-0.2, -0.15) is 11.8 Å². The van der Waals surface area contributed by atoms with E-state index in [0.29, 0.717) is 18.2 Å². The van der Waals surface area contributed by atoms with Gasteiger partial charge in [0.2, 0.25) is 0 Å². The maximum Gasteiger partial charge on any atom is 0.339 e. The second-order valence-corrected chi connectivity index (χ2v) is 4.68. The molecule has 0 spiro atoms. The first-order chi connectivity index (χ1) is 8.17. The number of carbonyl (C=O) groups excluding carboxylic acids is 1. The molecule has 1 heterocycles. The van der Waals surface area contributed by atoms with Crippen molar-refractivity contribution in [3.05, 3.63) is 29.6 Å². The van der Waals surface area contributed by atoms with Gasteiger partial charge in [-0.15, -0.1) is 0 Å². The van der Waals surface area contributed by atoms with E-state index in [1.807, 2.05) is 17.8 Å². The second-order valence-electron chi connectivity index (χ2n) is 3.77. The van der Waals surface area contributed by atoms with Gasteiger partial charge < -0.3 is 10.1 Å². The number of methoxy groups -OCH3 is 1. The van der Waals surface area contributed by atoms with Gasteiger partial charge in [-0.25, -0.2) is 4.79 Å². The van der Waals surface area contributed by atoms with Crippen molar-refractivity contribution >= 4 is 17.7 Å². The van der Waals surface area contributed by atoms with Gasteiger partial charge in [0, 0.05) is 24.5 Å². The molecule has 0 saturated carbocycles. The zero-order valence-corrected chi connectivity index (χ0v) is 11.2. The maximum absolute atomic E-state index is 11.2. The largest absolute Gasteiger partial charge is 0.465 e. The normalized spacial score (nSPS) is 12.2. The Balaban J connectivity index is 2.48. The van der Waals surface area contributed by atoms with E-state index >= 15 is 0 Å². The average Bonchev–Trinajstić information content (AvgIpc) is 2.36. The van der Waals surface area contributed by atoms with Gasteiger partial charge in [0.1, 0.15) is 0 Å². The number of nitrogens with zero attached hydrogens (tertiary/aromatic N) is 1. The van der Waals surface area contributed by atoms with Crippen molar-refractivity contribution in [3.63, 3.8) is 0 Å². The van der Waals surface area contributed by atoms with E-state index in [1.54, 1.807) is 12.3 Å². The highest BCUT2D eigenvalue weighted by Crippen LogP contribution is 2.03. The van der Waals surface area contributed by atoms with Crippen LogP contribution in [0, 0.1) is 0 Å². The summed E-state index contributed by atoms with van der Waals surface area (Å²) in [5, 5.41) is 3.36. The Morgan fingerprint density at radius 3 is 2.88 bits per heavy atom. The lowest BCUT2D eigenvalue weighted by molar-refractivity contribution is 0.0600. The molecule has 1 aromatic heterocycles. The minimum Gasteiger partial charge on any atom is -0.465 e. The van der Waals surface area contributed by atoms with Crippen LogP contribution in [0.2, 0.25) is 0 Å². The van der Waals surface area contributed by atoms with E-state index in [1.165, 1.54) is 7.11 Å². The minimum atomic E-state index is -0.354. The molecule has 1 aromatic rings. The number of thioether (sulfide) groups is 1. The van der Waals surface area contributed by atoms with Crippen LogP contribution < -0.4 is 5.32 Å². The Morgan fingerprint density at radius 1 is 1.59 bits per heavy atom. The van der Waals surface area contributed by atoms with E-state index in [2.05, 4.69) is 28.2 Å². The summed E-state index contributed by atoms with van der Waals surface area (Å²) in [7, 11) is 1.36. The van der Waals surface area contributed by atoms with Gasteiger partial charge in [-0.05, 0) is 25.3 Å². The Kier molecular flexibility index (Phi) is 6.00. The van der Waals surface area contributed by atoms with E-state index in [9.17, 15) is 4.79 Å². The molecule has 1 rings (SSSR count). The van der Waals surface area contributed by atoms with Crippen molar-refractivity contribution in [3.8, 4) is 0 Å². The summed E-state index contributed by atoms with van der Waals surface area (Å²) >= 11 is 1.81. The molecule has 0 aliphatic rings. The van der Waals surface area contributed by atoms with E-state index in [4.69, 9.17) is 0 Å². The topological polar surface area (TPSA) is 51.2 Å². The first-order valence-electron chi connectivity index (χ1n) is 5.43. The van der Waals surface area contributed by atoms with Crippen molar-refractivity contribution in [1.29, 1.82) is 0 Å². The standard InChI is InChI=1S/C12H18N2O2S/c1-9(8-17-3)13-7-11-5-4-10(6-14-11)12(15)16-2/h4-6,9,13H,7-8H2,1-3H3. The van der Waals surface area contributed by atoms with Crippen molar-refractivity contribution in [2.75, 3.05) is 19.1 Å². The molecule has 1 atom stereocenters.